The minimum absolute atomic E-state index is 0.0996. The van der Waals surface area contributed by atoms with Crippen LogP contribution in [-0.2, 0) is 16.0 Å². The first-order chi connectivity index (χ1) is 7.68. The van der Waals surface area contributed by atoms with Crippen LogP contribution in [0, 0.1) is 0 Å². The van der Waals surface area contributed by atoms with Crippen LogP contribution in [-0.4, -0.2) is 22.8 Å². The standard InChI is InChI=1S/C13H13NO2/c1-10(9-11-5-3-2-4-6-11)14-12(15)7-8-13(14)16/h2-8,10H,9H2,1H3/t10-/m1/s1. The summed E-state index contributed by atoms with van der Waals surface area (Å²) >= 11 is 0. The Labute approximate surface area is 94.4 Å². The van der Waals surface area contributed by atoms with E-state index in [-0.39, 0.29) is 17.9 Å². The molecule has 1 aromatic rings. The van der Waals surface area contributed by atoms with E-state index in [0.29, 0.717) is 6.42 Å². The molecule has 1 aliphatic rings. The number of amides is 2. The maximum Gasteiger partial charge on any atom is 0.253 e. The third-order valence-electron chi connectivity index (χ3n) is 2.66. The van der Waals surface area contributed by atoms with Crippen molar-refractivity contribution in [3.8, 4) is 0 Å². The third kappa shape index (κ3) is 2.03. The molecule has 0 N–H and O–H groups in total. The van der Waals surface area contributed by atoms with E-state index in [0.717, 1.165) is 5.56 Å². The summed E-state index contributed by atoms with van der Waals surface area (Å²) in [6, 6.07) is 9.74. The molecule has 0 fully saturated rings. The number of nitrogens with zero attached hydrogens (tertiary/aromatic N) is 1. The molecule has 0 radical (unpaired) electrons. The fourth-order valence-corrected chi connectivity index (χ4v) is 1.89. The molecule has 0 saturated heterocycles. The Morgan fingerprint density at radius 2 is 1.62 bits per heavy atom. The van der Waals surface area contributed by atoms with Gasteiger partial charge in [0.2, 0.25) is 0 Å². The lowest BCUT2D eigenvalue weighted by atomic mass is 10.1. The van der Waals surface area contributed by atoms with E-state index in [1.54, 1.807) is 0 Å². The van der Waals surface area contributed by atoms with E-state index in [2.05, 4.69) is 0 Å². The molecule has 3 nitrogen and oxygen atoms in total. The minimum atomic E-state index is -0.214. The molecule has 0 spiro atoms. The van der Waals surface area contributed by atoms with Crippen LogP contribution in [0.1, 0.15) is 12.5 Å². The van der Waals surface area contributed by atoms with Gasteiger partial charge in [0.1, 0.15) is 0 Å². The van der Waals surface area contributed by atoms with Gasteiger partial charge in [-0.1, -0.05) is 30.3 Å². The lowest BCUT2D eigenvalue weighted by Gasteiger charge is -2.22. The molecular weight excluding hydrogens is 202 g/mol. The lowest BCUT2D eigenvalue weighted by molar-refractivity contribution is -0.139. The maximum absolute atomic E-state index is 11.4. The SMILES string of the molecule is C[C@H](Cc1ccccc1)N1C(=O)C=CC1=O. The Kier molecular flexibility index (Phi) is 2.86. The van der Waals surface area contributed by atoms with Crippen molar-refractivity contribution in [2.24, 2.45) is 0 Å². The Morgan fingerprint density at radius 3 is 2.19 bits per heavy atom. The Morgan fingerprint density at radius 1 is 1.06 bits per heavy atom. The zero-order chi connectivity index (χ0) is 11.5. The molecule has 1 aromatic carbocycles. The molecule has 2 amide bonds. The molecule has 3 heteroatoms. The summed E-state index contributed by atoms with van der Waals surface area (Å²) in [6.45, 7) is 1.88. The monoisotopic (exact) mass is 215 g/mol. The molecule has 1 aliphatic heterocycles. The van der Waals surface area contributed by atoms with E-state index in [1.807, 2.05) is 37.3 Å². The fraction of sp³-hybridized carbons (Fsp3) is 0.231. The number of carbonyl (C=O) groups is 2. The highest BCUT2D eigenvalue weighted by molar-refractivity contribution is 6.13. The lowest BCUT2D eigenvalue weighted by Crippen LogP contribution is -2.39. The Bertz CT molecular complexity index is 419. The number of hydrogen-bond donors (Lipinski definition) is 0. The highest BCUT2D eigenvalue weighted by atomic mass is 16.2. The predicted octanol–water partition coefficient (Wildman–Crippen LogP) is 1.54. The van der Waals surface area contributed by atoms with Gasteiger partial charge in [0.05, 0.1) is 0 Å². The van der Waals surface area contributed by atoms with Crippen LogP contribution in [0.4, 0.5) is 0 Å². The maximum atomic E-state index is 11.4. The van der Waals surface area contributed by atoms with Crippen molar-refractivity contribution in [3.05, 3.63) is 48.0 Å². The van der Waals surface area contributed by atoms with Crippen LogP contribution in [0.5, 0.6) is 0 Å². The fourth-order valence-electron chi connectivity index (χ4n) is 1.89. The molecule has 0 saturated carbocycles. The van der Waals surface area contributed by atoms with Gasteiger partial charge in [-0.3, -0.25) is 14.5 Å². The van der Waals surface area contributed by atoms with Gasteiger partial charge in [-0.05, 0) is 18.9 Å². The summed E-state index contributed by atoms with van der Waals surface area (Å²) in [6.07, 6.45) is 3.34. The van der Waals surface area contributed by atoms with Crippen molar-refractivity contribution in [1.82, 2.24) is 4.90 Å². The molecule has 2 rings (SSSR count). The first kappa shape index (κ1) is 10.6. The largest absolute Gasteiger partial charge is 0.272 e. The molecule has 0 aromatic heterocycles. The second-order valence-electron chi connectivity index (χ2n) is 3.92. The van der Waals surface area contributed by atoms with E-state index in [4.69, 9.17) is 0 Å². The molecule has 0 aliphatic carbocycles. The van der Waals surface area contributed by atoms with Crippen molar-refractivity contribution in [2.45, 2.75) is 19.4 Å². The minimum Gasteiger partial charge on any atom is -0.272 e. The number of rotatable bonds is 3. The molecule has 1 atom stereocenters. The summed E-state index contributed by atoms with van der Waals surface area (Å²) in [7, 11) is 0. The number of benzene rings is 1. The van der Waals surface area contributed by atoms with Crippen molar-refractivity contribution >= 4 is 11.8 Å². The Balaban J connectivity index is 2.07. The zero-order valence-electron chi connectivity index (χ0n) is 9.09. The summed E-state index contributed by atoms with van der Waals surface area (Å²) in [4.78, 5) is 24.2. The van der Waals surface area contributed by atoms with Crippen LogP contribution in [0.25, 0.3) is 0 Å². The van der Waals surface area contributed by atoms with Crippen LogP contribution in [0.3, 0.4) is 0 Å². The van der Waals surface area contributed by atoms with Crippen LogP contribution < -0.4 is 0 Å². The van der Waals surface area contributed by atoms with Gasteiger partial charge in [-0.2, -0.15) is 0 Å². The van der Waals surface area contributed by atoms with Crippen molar-refractivity contribution in [1.29, 1.82) is 0 Å². The molecule has 0 bridgehead atoms. The van der Waals surface area contributed by atoms with Gasteiger partial charge in [0.25, 0.3) is 11.8 Å². The average Bonchev–Trinajstić information content (AvgIpc) is 2.60. The van der Waals surface area contributed by atoms with Gasteiger partial charge in [-0.25, -0.2) is 0 Å². The van der Waals surface area contributed by atoms with Crippen molar-refractivity contribution < 1.29 is 9.59 Å². The van der Waals surface area contributed by atoms with Gasteiger partial charge in [0, 0.05) is 18.2 Å². The summed E-state index contributed by atoms with van der Waals surface area (Å²) in [5.74, 6) is -0.429. The summed E-state index contributed by atoms with van der Waals surface area (Å²) in [5, 5.41) is 0. The van der Waals surface area contributed by atoms with E-state index in [9.17, 15) is 9.59 Å². The number of hydrogen-bond acceptors (Lipinski definition) is 2. The molecule has 82 valence electrons. The smallest absolute Gasteiger partial charge is 0.253 e. The Hall–Kier alpha value is -1.90. The molecular formula is C13H13NO2. The van der Waals surface area contributed by atoms with Gasteiger partial charge >= 0.3 is 0 Å². The molecule has 1 heterocycles. The van der Waals surface area contributed by atoms with Crippen LogP contribution >= 0.6 is 0 Å². The second kappa shape index (κ2) is 4.31. The van der Waals surface area contributed by atoms with Crippen LogP contribution in [0.2, 0.25) is 0 Å². The predicted molar refractivity (Wildman–Crippen MR) is 60.6 cm³/mol. The number of imide groups is 1. The van der Waals surface area contributed by atoms with Gasteiger partial charge < -0.3 is 0 Å². The number of carbonyl (C=O) groups excluding carboxylic acids is 2. The van der Waals surface area contributed by atoms with Crippen molar-refractivity contribution in [3.63, 3.8) is 0 Å². The van der Waals surface area contributed by atoms with Crippen molar-refractivity contribution in [2.75, 3.05) is 0 Å². The van der Waals surface area contributed by atoms with E-state index in [1.165, 1.54) is 17.1 Å². The summed E-state index contributed by atoms with van der Waals surface area (Å²) < 4.78 is 0. The zero-order valence-corrected chi connectivity index (χ0v) is 9.09. The van der Waals surface area contributed by atoms with Crippen LogP contribution in [0.15, 0.2) is 42.5 Å². The average molecular weight is 215 g/mol. The van der Waals surface area contributed by atoms with E-state index >= 15 is 0 Å². The first-order valence-electron chi connectivity index (χ1n) is 5.27. The topological polar surface area (TPSA) is 37.4 Å². The summed E-state index contributed by atoms with van der Waals surface area (Å²) in [5.41, 5.74) is 1.13. The molecule has 16 heavy (non-hydrogen) atoms. The second-order valence-corrected chi connectivity index (χ2v) is 3.92. The highest BCUT2D eigenvalue weighted by Gasteiger charge is 2.28. The quantitative estimate of drug-likeness (QED) is 0.717. The molecule has 0 unspecified atom stereocenters. The third-order valence-corrected chi connectivity index (χ3v) is 2.66. The normalized spacial score (nSPS) is 16.9. The van der Waals surface area contributed by atoms with E-state index < -0.39 is 0 Å². The van der Waals surface area contributed by atoms with Gasteiger partial charge in [-0.15, -0.1) is 0 Å². The highest BCUT2D eigenvalue weighted by Crippen LogP contribution is 2.13. The first-order valence-corrected chi connectivity index (χ1v) is 5.27. The van der Waals surface area contributed by atoms with Gasteiger partial charge in [0.15, 0.2) is 0 Å².